The van der Waals surface area contributed by atoms with Gasteiger partial charge in [0.15, 0.2) is 12.3 Å². The monoisotopic (exact) mass is 403 g/mol. The molecule has 0 bridgehead atoms. The smallest absolute Gasteiger partial charge is 0.361 e. The van der Waals surface area contributed by atoms with E-state index in [1.54, 1.807) is 6.92 Å². The summed E-state index contributed by atoms with van der Waals surface area (Å²) in [7, 11) is 0. The van der Waals surface area contributed by atoms with Crippen LogP contribution in [0.15, 0.2) is 16.6 Å². The number of aromatic nitrogens is 3. The van der Waals surface area contributed by atoms with Gasteiger partial charge < -0.3 is 14.6 Å². The molecular weight excluding hydrogens is 394 g/mol. The highest BCUT2D eigenvalue weighted by molar-refractivity contribution is 9.10. The van der Waals surface area contributed by atoms with Crippen LogP contribution in [-0.2, 0) is 9.53 Å². The Kier molecular flexibility index (Phi) is 5.56. The van der Waals surface area contributed by atoms with Crippen LogP contribution in [0.4, 0.5) is 0 Å². The number of halogens is 2. The molecule has 2 N–H and O–H groups in total. The fraction of sp³-hybridized carbons (Fsp3) is 0.231. The zero-order valence-electron chi connectivity index (χ0n) is 11.8. The molecule has 0 saturated carbocycles. The average molecular weight is 405 g/mol. The molecule has 0 atom stereocenters. The molecule has 0 saturated heterocycles. The van der Waals surface area contributed by atoms with Crippen LogP contribution >= 0.6 is 27.5 Å². The molecular formula is C13H11BrClN3O5. The van der Waals surface area contributed by atoms with E-state index in [1.165, 1.54) is 12.1 Å². The Morgan fingerprint density at radius 3 is 2.78 bits per heavy atom. The van der Waals surface area contributed by atoms with Crippen LogP contribution in [0.5, 0.6) is 5.75 Å². The van der Waals surface area contributed by atoms with E-state index in [4.69, 9.17) is 26.2 Å². The number of aromatic amines is 1. The third-order valence-corrected chi connectivity index (χ3v) is 3.43. The second-order valence-corrected chi connectivity index (χ2v) is 5.48. The quantitative estimate of drug-likeness (QED) is 0.711. The summed E-state index contributed by atoms with van der Waals surface area (Å²) in [5.74, 6) is -1.64. The van der Waals surface area contributed by atoms with Gasteiger partial charge in [0.05, 0.1) is 11.1 Å². The molecule has 122 valence electrons. The van der Waals surface area contributed by atoms with Crippen molar-refractivity contribution in [3.63, 3.8) is 0 Å². The summed E-state index contributed by atoms with van der Waals surface area (Å²) in [4.78, 5) is 22.7. The highest BCUT2D eigenvalue weighted by Crippen LogP contribution is 2.39. The molecule has 0 radical (unpaired) electrons. The number of nitrogens with zero attached hydrogens (tertiary/aromatic N) is 2. The first kappa shape index (κ1) is 17.2. The van der Waals surface area contributed by atoms with E-state index in [9.17, 15) is 9.59 Å². The Morgan fingerprint density at radius 2 is 2.13 bits per heavy atom. The maximum atomic E-state index is 11.9. The normalized spacial score (nSPS) is 10.4. The van der Waals surface area contributed by atoms with Crippen LogP contribution < -0.4 is 4.74 Å². The van der Waals surface area contributed by atoms with Gasteiger partial charge in [-0.15, -0.1) is 5.10 Å². The van der Waals surface area contributed by atoms with Gasteiger partial charge in [-0.2, -0.15) is 10.3 Å². The lowest BCUT2D eigenvalue weighted by Gasteiger charge is -2.12. The highest BCUT2D eigenvalue weighted by Gasteiger charge is 2.24. The number of hydrogen-bond acceptors (Lipinski definition) is 6. The van der Waals surface area contributed by atoms with Gasteiger partial charge in [-0.05, 0) is 35.0 Å². The predicted octanol–water partition coefficient (Wildman–Crippen LogP) is 2.53. The van der Waals surface area contributed by atoms with Crippen molar-refractivity contribution in [3.8, 4) is 17.0 Å². The van der Waals surface area contributed by atoms with Gasteiger partial charge in [0.1, 0.15) is 11.4 Å². The van der Waals surface area contributed by atoms with Gasteiger partial charge >= 0.3 is 11.9 Å². The van der Waals surface area contributed by atoms with Crippen LogP contribution in [0.2, 0.25) is 5.02 Å². The van der Waals surface area contributed by atoms with Gasteiger partial charge in [-0.25, -0.2) is 9.59 Å². The summed E-state index contributed by atoms with van der Waals surface area (Å²) in [5, 5.41) is 19.1. The lowest BCUT2D eigenvalue weighted by Crippen LogP contribution is -2.11. The first-order valence-corrected chi connectivity index (χ1v) is 7.53. The molecule has 1 aromatic heterocycles. The lowest BCUT2D eigenvalue weighted by molar-refractivity contribution is -0.139. The summed E-state index contributed by atoms with van der Waals surface area (Å²) in [6.07, 6.45) is 0. The maximum absolute atomic E-state index is 11.9. The van der Waals surface area contributed by atoms with E-state index < -0.39 is 18.5 Å². The van der Waals surface area contributed by atoms with Crippen LogP contribution in [-0.4, -0.2) is 45.7 Å². The van der Waals surface area contributed by atoms with Crippen molar-refractivity contribution < 1.29 is 24.2 Å². The van der Waals surface area contributed by atoms with Crippen molar-refractivity contribution in [2.75, 3.05) is 13.2 Å². The zero-order chi connectivity index (χ0) is 17.0. The molecule has 0 fully saturated rings. The van der Waals surface area contributed by atoms with E-state index in [0.29, 0.717) is 15.1 Å². The summed E-state index contributed by atoms with van der Waals surface area (Å²) in [6, 6.07) is 3.02. The number of rotatable bonds is 6. The number of H-pyrrole nitrogens is 1. The number of carbonyl (C=O) groups is 2. The Morgan fingerprint density at radius 1 is 1.39 bits per heavy atom. The summed E-state index contributed by atoms with van der Waals surface area (Å²) < 4.78 is 10.6. The fourth-order valence-corrected chi connectivity index (χ4v) is 2.70. The molecule has 0 spiro atoms. The highest BCUT2D eigenvalue weighted by atomic mass is 79.9. The standard InChI is InChI=1S/C13H11BrClN3O5/c1-2-22-13(21)11-10(16-18-17-11)7-3-6(15)4-8(14)12(7)23-5-9(19)20/h3-4H,2,5H2,1H3,(H,19,20)(H,16,17,18). The van der Waals surface area contributed by atoms with E-state index in [2.05, 4.69) is 31.3 Å². The molecule has 2 rings (SSSR count). The van der Waals surface area contributed by atoms with Crippen LogP contribution in [0.25, 0.3) is 11.3 Å². The van der Waals surface area contributed by atoms with Crippen molar-refractivity contribution in [1.29, 1.82) is 0 Å². The van der Waals surface area contributed by atoms with Crippen LogP contribution in [0.3, 0.4) is 0 Å². The molecule has 10 heteroatoms. The molecule has 0 aliphatic rings. The average Bonchev–Trinajstić information content (AvgIpc) is 2.94. The van der Waals surface area contributed by atoms with E-state index in [-0.39, 0.29) is 23.7 Å². The van der Waals surface area contributed by atoms with Gasteiger partial charge in [0.25, 0.3) is 0 Å². The molecule has 0 unspecified atom stereocenters. The number of carboxylic acid groups (broad SMARTS) is 1. The third-order valence-electron chi connectivity index (χ3n) is 2.62. The second kappa shape index (κ2) is 7.42. The molecule has 0 aliphatic carbocycles. The van der Waals surface area contributed by atoms with Crippen molar-refractivity contribution >= 4 is 39.5 Å². The molecule has 0 aliphatic heterocycles. The van der Waals surface area contributed by atoms with E-state index in [0.717, 1.165) is 0 Å². The van der Waals surface area contributed by atoms with Gasteiger partial charge in [0, 0.05) is 10.6 Å². The number of esters is 1. The summed E-state index contributed by atoms with van der Waals surface area (Å²) in [6.45, 7) is 1.27. The molecule has 8 nitrogen and oxygen atoms in total. The summed E-state index contributed by atoms with van der Waals surface area (Å²) >= 11 is 9.27. The first-order chi connectivity index (χ1) is 10.9. The van der Waals surface area contributed by atoms with E-state index in [1.807, 2.05) is 0 Å². The largest absolute Gasteiger partial charge is 0.480 e. The zero-order valence-corrected chi connectivity index (χ0v) is 14.1. The maximum Gasteiger partial charge on any atom is 0.361 e. The van der Waals surface area contributed by atoms with Crippen molar-refractivity contribution in [2.45, 2.75) is 6.92 Å². The first-order valence-electron chi connectivity index (χ1n) is 6.36. The third kappa shape index (κ3) is 3.99. The van der Waals surface area contributed by atoms with Crippen LogP contribution in [0.1, 0.15) is 17.4 Å². The Balaban J connectivity index is 2.52. The molecule has 1 aromatic carbocycles. The number of carbonyl (C=O) groups excluding carboxylic acids is 1. The van der Waals surface area contributed by atoms with Crippen LogP contribution in [0, 0.1) is 0 Å². The topological polar surface area (TPSA) is 114 Å². The van der Waals surface area contributed by atoms with Gasteiger partial charge in [-0.3, -0.25) is 0 Å². The lowest BCUT2D eigenvalue weighted by atomic mass is 10.1. The van der Waals surface area contributed by atoms with Crippen molar-refractivity contribution in [3.05, 3.63) is 27.3 Å². The minimum Gasteiger partial charge on any atom is -0.480 e. The number of carboxylic acids is 1. The minimum atomic E-state index is -1.15. The Labute approximate surface area is 143 Å². The molecule has 2 aromatic rings. The van der Waals surface area contributed by atoms with Gasteiger partial charge in [0.2, 0.25) is 0 Å². The number of hydrogen-bond donors (Lipinski definition) is 2. The van der Waals surface area contributed by atoms with E-state index >= 15 is 0 Å². The Hall–Kier alpha value is -2.13. The minimum absolute atomic E-state index is 0.0545. The molecule has 0 amide bonds. The SMILES string of the molecule is CCOC(=O)c1n[nH]nc1-c1cc(Cl)cc(Br)c1OCC(=O)O. The van der Waals surface area contributed by atoms with Crippen molar-refractivity contribution in [1.82, 2.24) is 15.4 Å². The molecule has 1 heterocycles. The second-order valence-electron chi connectivity index (χ2n) is 4.19. The summed E-state index contributed by atoms with van der Waals surface area (Å²) in [5.41, 5.74) is 0.399. The number of benzene rings is 1. The number of nitrogens with one attached hydrogen (secondary N) is 1. The molecule has 23 heavy (non-hydrogen) atoms. The predicted molar refractivity (Wildman–Crippen MR) is 83.6 cm³/mol. The fourth-order valence-electron chi connectivity index (χ4n) is 1.78. The van der Waals surface area contributed by atoms with Gasteiger partial charge in [-0.1, -0.05) is 11.6 Å². The van der Waals surface area contributed by atoms with Crippen molar-refractivity contribution in [2.24, 2.45) is 0 Å². The number of ether oxygens (including phenoxy) is 2. The number of aliphatic carboxylic acids is 1. The Bertz CT molecular complexity index is 749.